The lowest BCUT2D eigenvalue weighted by Gasteiger charge is -2.09. The molecule has 1 atom stereocenters. The molecule has 4 aromatic rings. The van der Waals surface area contributed by atoms with Crippen LogP contribution in [0.25, 0.3) is 16.9 Å². The molecule has 0 fully saturated rings. The van der Waals surface area contributed by atoms with Crippen molar-refractivity contribution in [1.82, 2.24) is 9.78 Å². The Kier molecular flexibility index (Phi) is 9.02. The molecular weight excluding hydrogens is 448 g/mol. The van der Waals surface area contributed by atoms with Crippen molar-refractivity contribution in [2.24, 2.45) is 5.92 Å². The third-order valence-corrected chi connectivity index (χ3v) is 5.71. The van der Waals surface area contributed by atoms with Crippen molar-refractivity contribution in [3.05, 3.63) is 101 Å². The number of methoxy groups -OCH3 is 1. The fourth-order valence-corrected chi connectivity index (χ4v) is 4.00. The van der Waals surface area contributed by atoms with Gasteiger partial charge in [-0.1, -0.05) is 53.6 Å². The predicted octanol–water partition coefficient (Wildman–Crippen LogP) is 5.72. The maximum atomic E-state index is 11.9. The monoisotopic (exact) mass is 476 g/mol. The van der Waals surface area contributed by atoms with Gasteiger partial charge in [-0.3, -0.25) is 0 Å². The first-order valence-electron chi connectivity index (χ1n) is 11.0. The number of halogens is 1. The number of hydrogen-bond donors (Lipinski definition) is 1. The van der Waals surface area contributed by atoms with Crippen LogP contribution in [0.3, 0.4) is 0 Å². The molecule has 0 bridgehead atoms. The van der Waals surface area contributed by atoms with Crippen LogP contribution in [0, 0.1) is 12.8 Å². The molecule has 3 aromatic carbocycles. The van der Waals surface area contributed by atoms with Gasteiger partial charge in [-0.25, -0.2) is 4.68 Å². The van der Waals surface area contributed by atoms with Gasteiger partial charge in [0.1, 0.15) is 12.0 Å². The minimum absolute atomic E-state index is 0.182. The number of aliphatic hydroxyl groups excluding tert-OH is 1. The molecule has 4 rings (SSSR count). The Balaban J connectivity index is 0.00000158. The van der Waals surface area contributed by atoms with Crippen LogP contribution in [0.4, 0.5) is 0 Å². The van der Waals surface area contributed by atoms with Gasteiger partial charge >= 0.3 is 0 Å². The number of aldehydes is 1. The zero-order chi connectivity index (χ0) is 24.5. The Morgan fingerprint density at radius 3 is 2.32 bits per heavy atom. The number of carbonyl (C=O) groups excluding carboxylic acids is 1. The van der Waals surface area contributed by atoms with Gasteiger partial charge in [-0.2, -0.15) is 5.10 Å². The van der Waals surface area contributed by atoms with E-state index in [1.807, 2.05) is 53.2 Å². The van der Waals surface area contributed by atoms with E-state index >= 15 is 0 Å². The molecule has 1 heterocycles. The van der Waals surface area contributed by atoms with Crippen LogP contribution in [-0.2, 0) is 17.6 Å². The Morgan fingerprint density at radius 1 is 1.00 bits per heavy atom. The van der Waals surface area contributed by atoms with E-state index in [9.17, 15) is 4.79 Å². The SMILES string of the molecule is CO.COc1ccc(-n2nc(CC(C=O)Cc3cccc(Cl)c3)cc2-c2ccc(C)cc2)cc1. The van der Waals surface area contributed by atoms with Gasteiger partial charge in [-0.15, -0.1) is 0 Å². The number of benzene rings is 3. The number of aliphatic hydroxyl groups is 1. The number of aromatic nitrogens is 2. The molecule has 0 amide bonds. The van der Waals surface area contributed by atoms with Crippen molar-refractivity contribution in [3.8, 4) is 22.7 Å². The highest BCUT2D eigenvalue weighted by atomic mass is 35.5. The second kappa shape index (κ2) is 12.2. The summed E-state index contributed by atoms with van der Waals surface area (Å²) in [5, 5.41) is 12.6. The van der Waals surface area contributed by atoms with Gasteiger partial charge in [0.25, 0.3) is 0 Å². The summed E-state index contributed by atoms with van der Waals surface area (Å²) in [6, 6.07) is 25.9. The first-order valence-corrected chi connectivity index (χ1v) is 11.4. The van der Waals surface area contributed by atoms with E-state index in [0.717, 1.165) is 47.3 Å². The van der Waals surface area contributed by atoms with Crippen molar-refractivity contribution < 1.29 is 14.6 Å². The predicted molar refractivity (Wildman–Crippen MR) is 137 cm³/mol. The first kappa shape index (κ1) is 25.2. The second-order valence-corrected chi connectivity index (χ2v) is 8.37. The van der Waals surface area contributed by atoms with Gasteiger partial charge in [0.15, 0.2) is 0 Å². The molecule has 1 N–H and O–H groups in total. The van der Waals surface area contributed by atoms with Gasteiger partial charge in [-0.05, 0) is 61.4 Å². The maximum Gasteiger partial charge on any atom is 0.123 e. The number of nitrogens with zero attached hydrogens (tertiary/aromatic N) is 2. The molecule has 0 aliphatic heterocycles. The Morgan fingerprint density at radius 2 is 1.71 bits per heavy atom. The Bertz CT molecular complexity index is 1200. The Labute approximate surface area is 205 Å². The van der Waals surface area contributed by atoms with Gasteiger partial charge < -0.3 is 14.6 Å². The third kappa shape index (κ3) is 6.34. The number of carbonyl (C=O) groups is 1. The normalized spacial score (nSPS) is 11.3. The van der Waals surface area contributed by atoms with Crippen LogP contribution in [0.15, 0.2) is 78.9 Å². The van der Waals surface area contributed by atoms with Crippen molar-refractivity contribution in [2.75, 3.05) is 14.2 Å². The minimum Gasteiger partial charge on any atom is -0.497 e. The Hall–Kier alpha value is -3.41. The summed E-state index contributed by atoms with van der Waals surface area (Å²) in [5.74, 6) is 0.610. The number of ether oxygens (including phenoxy) is 1. The zero-order valence-corrected chi connectivity index (χ0v) is 20.4. The summed E-state index contributed by atoms with van der Waals surface area (Å²) < 4.78 is 7.22. The lowest BCUT2D eigenvalue weighted by atomic mass is 9.96. The molecule has 176 valence electrons. The van der Waals surface area contributed by atoms with Crippen molar-refractivity contribution in [1.29, 1.82) is 0 Å². The summed E-state index contributed by atoms with van der Waals surface area (Å²) in [6.45, 7) is 2.07. The number of aryl methyl sites for hydroxylation is 1. The van der Waals surface area contributed by atoms with E-state index in [0.29, 0.717) is 17.9 Å². The van der Waals surface area contributed by atoms with Crippen LogP contribution in [-0.4, -0.2) is 35.4 Å². The lowest BCUT2D eigenvalue weighted by Crippen LogP contribution is -2.10. The van der Waals surface area contributed by atoms with E-state index in [2.05, 4.69) is 37.3 Å². The fourth-order valence-electron chi connectivity index (χ4n) is 3.78. The van der Waals surface area contributed by atoms with Crippen LogP contribution in [0.5, 0.6) is 5.75 Å². The maximum absolute atomic E-state index is 11.9. The third-order valence-electron chi connectivity index (χ3n) is 5.47. The largest absolute Gasteiger partial charge is 0.497 e. The fraction of sp³-hybridized carbons (Fsp3) is 0.214. The molecule has 0 aliphatic rings. The van der Waals surface area contributed by atoms with Crippen LogP contribution < -0.4 is 4.74 Å². The zero-order valence-electron chi connectivity index (χ0n) is 19.6. The lowest BCUT2D eigenvalue weighted by molar-refractivity contribution is -0.111. The van der Waals surface area contributed by atoms with Gasteiger partial charge in [0, 0.05) is 30.0 Å². The molecule has 0 saturated heterocycles. The molecule has 0 spiro atoms. The molecule has 0 radical (unpaired) electrons. The highest BCUT2D eigenvalue weighted by Crippen LogP contribution is 2.27. The average molecular weight is 477 g/mol. The number of rotatable bonds is 8. The summed E-state index contributed by atoms with van der Waals surface area (Å²) in [4.78, 5) is 11.9. The van der Waals surface area contributed by atoms with E-state index in [1.165, 1.54) is 5.56 Å². The van der Waals surface area contributed by atoms with Gasteiger partial charge in [0.2, 0.25) is 0 Å². The molecule has 34 heavy (non-hydrogen) atoms. The van der Waals surface area contributed by atoms with Crippen molar-refractivity contribution >= 4 is 17.9 Å². The molecule has 1 aromatic heterocycles. The van der Waals surface area contributed by atoms with E-state index < -0.39 is 0 Å². The highest BCUT2D eigenvalue weighted by molar-refractivity contribution is 6.30. The molecule has 0 aliphatic carbocycles. The molecule has 1 unspecified atom stereocenters. The average Bonchev–Trinajstić information content (AvgIpc) is 3.29. The molecule has 6 heteroatoms. The first-order chi connectivity index (χ1) is 16.6. The second-order valence-electron chi connectivity index (χ2n) is 7.93. The summed E-state index contributed by atoms with van der Waals surface area (Å²) in [6.07, 6.45) is 2.19. The molecule has 0 saturated carbocycles. The summed E-state index contributed by atoms with van der Waals surface area (Å²) in [5.41, 5.74) is 6.11. The van der Waals surface area contributed by atoms with Crippen LogP contribution in [0.1, 0.15) is 16.8 Å². The van der Waals surface area contributed by atoms with E-state index in [1.54, 1.807) is 7.11 Å². The number of hydrogen-bond acceptors (Lipinski definition) is 4. The van der Waals surface area contributed by atoms with E-state index in [4.69, 9.17) is 26.5 Å². The van der Waals surface area contributed by atoms with Crippen molar-refractivity contribution in [3.63, 3.8) is 0 Å². The van der Waals surface area contributed by atoms with Crippen LogP contribution >= 0.6 is 11.6 Å². The van der Waals surface area contributed by atoms with Crippen LogP contribution in [0.2, 0.25) is 5.02 Å². The quantitative estimate of drug-likeness (QED) is 0.330. The standard InChI is InChI=1S/C27H25ClN2O2.CH4O/c1-19-6-8-22(9-7-19)27-17-24(29-30(27)25-10-12-26(32-2)13-11-25)16-21(18-31)14-20-4-3-5-23(28)15-20;1-2/h3-13,15,17-18,21H,14,16H2,1-2H3;2H,1H3. The summed E-state index contributed by atoms with van der Waals surface area (Å²) >= 11 is 6.11. The minimum atomic E-state index is -0.182. The summed E-state index contributed by atoms with van der Waals surface area (Å²) in [7, 11) is 2.65. The van der Waals surface area contributed by atoms with Gasteiger partial charge in [0.05, 0.1) is 24.2 Å². The molecule has 5 nitrogen and oxygen atoms in total. The molecular formula is C28H29ClN2O3. The topological polar surface area (TPSA) is 64.3 Å². The smallest absolute Gasteiger partial charge is 0.123 e. The highest BCUT2D eigenvalue weighted by Gasteiger charge is 2.17. The van der Waals surface area contributed by atoms with Crippen molar-refractivity contribution in [2.45, 2.75) is 19.8 Å². The van der Waals surface area contributed by atoms with E-state index in [-0.39, 0.29) is 5.92 Å².